The van der Waals surface area contributed by atoms with Gasteiger partial charge in [0.1, 0.15) is 6.04 Å². The van der Waals surface area contributed by atoms with Crippen molar-refractivity contribution in [3.05, 3.63) is 29.8 Å². The summed E-state index contributed by atoms with van der Waals surface area (Å²) in [6.45, 7) is -3.11. The first-order valence-corrected chi connectivity index (χ1v) is 6.03. The number of halogens is 1. The van der Waals surface area contributed by atoms with E-state index in [0.717, 1.165) is 4.90 Å². The molecule has 1 aromatic rings. The van der Waals surface area contributed by atoms with E-state index in [-0.39, 0.29) is 13.0 Å². The molecule has 0 bridgehead atoms. The van der Waals surface area contributed by atoms with Gasteiger partial charge in [0, 0.05) is 27.3 Å². The number of carboxylic acids is 1. The van der Waals surface area contributed by atoms with E-state index >= 15 is 0 Å². The topological polar surface area (TPSA) is 86.8 Å². The van der Waals surface area contributed by atoms with Crippen molar-refractivity contribution in [1.82, 2.24) is 0 Å². The first kappa shape index (κ1) is 10.5. The third-order valence-electron chi connectivity index (χ3n) is 2.52. The van der Waals surface area contributed by atoms with Crippen molar-refractivity contribution in [2.45, 2.75) is 12.5 Å². The fraction of sp³-hybridized carbons (Fsp3) is 0.462. The summed E-state index contributed by atoms with van der Waals surface area (Å²) in [5, 5.41) is 17.9. The number of carbonyl (C=O) groups is 1. The Hall–Kier alpha value is -1.30. The van der Waals surface area contributed by atoms with E-state index in [9.17, 15) is 4.79 Å². The number of rotatable bonds is 8. The van der Waals surface area contributed by atoms with Crippen LogP contribution in [0.3, 0.4) is 0 Å². The summed E-state index contributed by atoms with van der Waals surface area (Å²) in [6, 6.07) is 5.10. The third kappa shape index (κ3) is 5.06. The van der Waals surface area contributed by atoms with Crippen LogP contribution in [0.15, 0.2) is 24.3 Å². The monoisotopic (exact) mass is 290 g/mol. The van der Waals surface area contributed by atoms with Gasteiger partial charge in [0.15, 0.2) is 0 Å². The zero-order valence-corrected chi connectivity index (χ0v) is 11.0. The van der Waals surface area contributed by atoms with Crippen molar-refractivity contribution in [3.8, 4) is 0 Å². The Balaban J connectivity index is 3.04. The summed E-state index contributed by atoms with van der Waals surface area (Å²) in [5.74, 6) is -3.80. The number of hydrogen-bond acceptors (Lipinski definition) is 4. The van der Waals surface area contributed by atoms with Crippen LogP contribution in [0.4, 0.5) is 5.69 Å². The lowest BCUT2D eigenvalue weighted by atomic mass is 10.1. The highest BCUT2D eigenvalue weighted by molar-refractivity contribution is 6.18. The SMILES string of the molecule is [2H]C([2H])(Cl)C([2H])([2H])N(CCO)c1ccc(C[C@@H](N)C(=O)O)cc1. The van der Waals surface area contributed by atoms with Gasteiger partial charge in [0.2, 0.25) is 0 Å². The van der Waals surface area contributed by atoms with E-state index in [1.54, 1.807) is 12.1 Å². The largest absolute Gasteiger partial charge is 0.480 e. The molecule has 0 heterocycles. The number of nitrogens with two attached hydrogens (primary N) is 1. The Bertz CT molecular complexity index is 537. The Morgan fingerprint density at radius 2 is 2.11 bits per heavy atom. The molecule has 0 saturated carbocycles. The van der Waals surface area contributed by atoms with Crippen LogP contribution in [-0.2, 0) is 11.2 Å². The maximum absolute atomic E-state index is 10.7. The Morgan fingerprint density at radius 3 is 2.58 bits per heavy atom. The first-order chi connectivity index (χ1) is 10.5. The van der Waals surface area contributed by atoms with E-state index < -0.39 is 30.9 Å². The molecule has 0 unspecified atom stereocenters. The molecule has 1 aromatic carbocycles. The molecule has 0 radical (unpaired) electrons. The van der Waals surface area contributed by atoms with Gasteiger partial charge in [0.25, 0.3) is 0 Å². The average molecular weight is 291 g/mol. The van der Waals surface area contributed by atoms with Crippen LogP contribution in [0.2, 0.25) is 0 Å². The maximum Gasteiger partial charge on any atom is 0.320 e. The zero-order valence-electron chi connectivity index (χ0n) is 14.2. The van der Waals surface area contributed by atoms with Gasteiger partial charge in [-0.1, -0.05) is 12.1 Å². The molecule has 0 aliphatic rings. The number of carboxylic acid groups (broad SMARTS) is 1. The number of hydrogen-bond donors (Lipinski definition) is 3. The molecule has 0 amide bonds. The summed E-state index contributed by atoms with van der Waals surface area (Å²) in [6.07, 6.45) is 0.110. The van der Waals surface area contributed by atoms with Crippen LogP contribution in [0.5, 0.6) is 0 Å². The summed E-state index contributed by atoms with van der Waals surface area (Å²) in [5.41, 5.74) is 6.40. The number of nitrogens with zero attached hydrogens (tertiary/aromatic N) is 1. The molecule has 0 fully saturated rings. The standard InChI is InChI=1S/C13H19ClN2O3/c14-5-6-16(7-8-17)11-3-1-10(2-4-11)9-12(15)13(18)19/h1-4,12,17H,5-9,15H2,(H,18,19)/t12-/m1/s1/i5D2,6D2. The molecule has 0 aliphatic carbocycles. The third-order valence-corrected chi connectivity index (χ3v) is 2.61. The second-order valence-corrected chi connectivity index (χ2v) is 4.09. The molecule has 19 heavy (non-hydrogen) atoms. The summed E-state index contributed by atoms with van der Waals surface area (Å²) < 4.78 is 30.6. The number of anilines is 1. The van der Waals surface area contributed by atoms with Crippen molar-refractivity contribution in [2.75, 3.05) is 30.4 Å². The van der Waals surface area contributed by atoms with E-state index in [4.69, 9.17) is 33.0 Å². The van der Waals surface area contributed by atoms with Crippen LogP contribution in [-0.4, -0.2) is 47.7 Å². The van der Waals surface area contributed by atoms with Gasteiger partial charge >= 0.3 is 5.97 Å². The van der Waals surface area contributed by atoms with Crippen molar-refractivity contribution < 1.29 is 20.5 Å². The Morgan fingerprint density at radius 1 is 1.47 bits per heavy atom. The van der Waals surface area contributed by atoms with E-state index in [1.807, 2.05) is 0 Å². The minimum Gasteiger partial charge on any atom is -0.480 e. The second-order valence-electron chi connectivity index (χ2n) is 3.90. The fourth-order valence-corrected chi connectivity index (χ4v) is 1.66. The zero-order chi connectivity index (χ0) is 17.8. The van der Waals surface area contributed by atoms with Gasteiger partial charge in [-0.2, -0.15) is 0 Å². The van der Waals surface area contributed by atoms with E-state index in [1.165, 1.54) is 12.1 Å². The molecule has 106 valence electrons. The quantitative estimate of drug-likeness (QED) is 0.613. The number of alkyl halides is 1. The number of aliphatic carboxylic acids is 1. The molecule has 5 nitrogen and oxygen atoms in total. The van der Waals surface area contributed by atoms with Crippen LogP contribution >= 0.6 is 11.6 Å². The number of aliphatic hydroxyl groups is 1. The predicted molar refractivity (Wildman–Crippen MR) is 75.8 cm³/mol. The van der Waals surface area contributed by atoms with Crippen molar-refractivity contribution in [3.63, 3.8) is 0 Å². The summed E-state index contributed by atoms with van der Waals surface area (Å²) >= 11 is 5.49. The molecule has 6 heteroatoms. The average Bonchev–Trinajstić information content (AvgIpc) is 2.44. The van der Waals surface area contributed by atoms with Gasteiger partial charge in [-0.15, -0.1) is 11.6 Å². The predicted octanol–water partition coefficient (Wildman–Crippen LogP) is 0.678. The lowest BCUT2D eigenvalue weighted by Gasteiger charge is -2.23. The van der Waals surface area contributed by atoms with Crippen LogP contribution in [0, 0.1) is 0 Å². The molecule has 0 spiro atoms. The molecule has 1 rings (SSSR count). The minimum absolute atomic E-state index is 0.110. The minimum atomic E-state index is -2.67. The van der Waals surface area contributed by atoms with Crippen LogP contribution in [0.25, 0.3) is 0 Å². The molecule has 1 atom stereocenters. The van der Waals surface area contributed by atoms with E-state index in [2.05, 4.69) is 0 Å². The molecular weight excluding hydrogens is 268 g/mol. The first-order valence-electron chi connectivity index (χ1n) is 7.65. The highest BCUT2D eigenvalue weighted by Crippen LogP contribution is 2.16. The normalized spacial score (nSPS) is 16.8. The lowest BCUT2D eigenvalue weighted by molar-refractivity contribution is -0.138. The van der Waals surface area contributed by atoms with Crippen molar-refractivity contribution in [1.29, 1.82) is 0 Å². The highest BCUT2D eigenvalue weighted by atomic mass is 35.5. The Labute approximate surface area is 123 Å². The van der Waals surface area contributed by atoms with Gasteiger partial charge < -0.3 is 20.8 Å². The van der Waals surface area contributed by atoms with Gasteiger partial charge in [-0.05, 0) is 24.1 Å². The second kappa shape index (κ2) is 7.99. The van der Waals surface area contributed by atoms with Gasteiger partial charge in [-0.25, -0.2) is 0 Å². The molecule has 0 aromatic heterocycles. The molecular formula is C13H19ClN2O3. The van der Waals surface area contributed by atoms with Crippen LogP contribution < -0.4 is 10.6 Å². The maximum atomic E-state index is 10.7. The summed E-state index contributed by atoms with van der Waals surface area (Å²) in [4.78, 5) is 11.8. The van der Waals surface area contributed by atoms with Crippen molar-refractivity contribution >= 4 is 23.3 Å². The molecule has 4 N–H and O–H groups in total. The fourth-order valence-electron chi connectivity index (χ4n) is 1.55. The summed E-state index contributed by atoms with van der Waals surface area (Å²) in [7, 11) is 0. The highest BCUT2D eigenvalue weighted by Gasteiger charge is 2.12. The number of aliphatic hydroxyl groups excluding tert-OH is 1. The smallest absolute Gasteiger partial charge is 0.320 e. The molecule has 0 saturated heterocycles. The lowest BCUT2D eigenvalue weighted by Crippen LogP contribution is -2.32. The van der Waals surface area contributed by atoms with Crippen molar-refractivity contribution in [2.24, 2.45) is 5.73 Å². The van der Waals surface area contributed by atoms with Gasteiger partial charge in [0.05, 0.1) is 9.35 Å². The van der Waals surface area contributed by atoms with E-state index in [0.29, 0.717) is 11.3 Å². The Kier molecular flexibility index (Phi) is 4.41. The van der Waals surface area contributed by atoms with Gasteiger partial charge in [-0.3, -0.25) is 4.79 Å². The molecule has 0 aliphatic heterocycles. The number of benzene rings is 1. The van der Waals surface area contributed by atoms with Crippen LogP contribution in [0.1, 0.15) is 11.0 Å².